The Morgan fingerprint density at radius 2 is 2.22 bits per heavy atom. The highest BCUT2D eigenvalue weighted by Gasteiger charge is 2.32. The van der Waals surface area contributed by atoms with Crippen LogP contribution in [0.4, 0.5) is 0 Å². The SMILES string of the molecule is NC(CCCNC1=NC(=O)C(CC(N=O)C(O)CO)N1)C(=O)O. The van der Waals surface area contributed by atoms with E-state index in [0.717, 1.165) is 0 Å². The molecule has 1 aliphatic heterocycles. The monoisotopic (exact) mass is 331 g/mol. The molecule has 0 fully saturated rings. The number of aliphatic hydroxyl groups excluding tert-OH is 2. The van der Waals surface area contributed by atoms with Gasteiger partial charge in [-0.25, -0.2) is 0 Å². The number of carbonyl (C=O) groups is 2. The molecule has 7 N–H and O–H groups in total. The molecule has 0 radical (unpaired) electrons. The fourth-order valence-electron chi connectivity index (χ4n) is 1.98. The minimum atomic E-state index is -1.34. The van der Waals surface area contributed by atoms with Crippen LogP contribution in [-0.2, 0) is 9.59 Å². The summed E-state index contributed by atoms with van der Waals surface area (Å²) in [7, 11) is 0. The van der Waals surface area contributed by atoms with E-state index < -0.39 is 42.7 Å². The first-order valence-electron chi connectivity index (χ1n) is 7.11. The van der Waals surface area contributed by atoms with Crippen molar-refractivity contribution in [1.82, 2.24) is 10.6 Å². The number of aliphatic imine (C=N–C) groups is 1. The lowest BCUT2D eigenvalue weighted by atomic mass is 10.0. The van der Waals surface area contributed by atoms with Gasteiger partial charge in [-0.2, -0.15) is 9.90 Å². The van der Waals surface area contributed by atoms with Crippen molar-refractivity contribution in [1.29, 1.82) is 0 Å². The van der Waals surface area contributed by atoms with Crippen LogP contribution >= 0.6 is 0 Å². The maximum Gasteiger partial charge on any atom is 0.320 e. The molecular formula is C12H21N5O6. The summed E-state index contributed by atoms with van der Waals surface area (Å²) in [5.41, 5.74) is 5.36. The van der Waals surface area contributed by atoms with Crippen LogP contribution in [0.3, 0.4) is 0 Å². The van der Waals surface area contributed by atoms with Crippen molar-refractivity contribution < 1.29 is 24.9 Å². The number of carboxylic acids is 1. The number of nitrogens with zero attached hydrogens (tertiary/aromatic N) is 2. The van der Waals surface area contributed by atoms with Crippen molar-refractivity contribution in [3.8, 4) is 0 Å². The lowest BCUT2D eigenvalue weighted by molar-refractivity contribution is -0.138. The van der Waals surface area contributed by atoms with Crippen molar-refractivity contribution in [2.75, 3.05) is 13.2 Å². The first-order valence-corrected chi connectivity index (χ1v) is 7.11. The van der Waals surface area contributed by atoms with Crippen LogP contribution in [0.2, 0.25) is 0 Å². The Kier molecular flexibility index (Phi) is 7.51. The normalized spacial score (nSPS) is 21.1. The van der Waals surface area contributed by atoms with Crippen molar-refractivity contribution in [3.63, 3.8) is 0 Å². The standard InChI is InChI=1S/C12H21N5O6/c13-6(11(21)22)2-1-3-14-12-15-8(10(20)16-12)4-7(17-23)9(19)5-18/h6-9,18-19H,1-5,13H2,(H,21,22)(H2,14,15,16,20). The highest BCUT2D eigenvalue weighted by Crippen LogP contribution is 2.11. The van der Waals surface area contributed by atoms with E-state index in [-0.39, 0.29) is 18.8 Å². The van der Waals surface area contributed by atoms with Gasteiger partial charge in [0.1, 0.15) is 24.2 Å². The number of aliphatic hydroxyl groups is 2. The summed E-state index contributed by atoms with van der Waals surface area (Å²) < 4.78 is 0. The zero-order valence-corrected chi connectivity index (χ0v) is 12.4. The van der Waals surface area contributed by atoms with E-state index in [9.17, 15) is 19.6 Å². The highest BCUT2D eigenvalue weighted by molar-refractivity contribution is 6.02. The Morgan fingerprint density at radius 3 is 2.78 bits per heavy atom. The number of amides is 1. The number of nitrogens with one attached hydrogen (secondary N) is 2. The molecule has 0 aromatic heterocycles. The molecule has 0 saturated heterocycles. The van der Waals surface area contributed by atoms with E-state index in [4.69, 9.17) is 15.9 Å². The van der Waals surface area contributed by atoms with Crippen molar-refractivity contribution in [3.05, 3.63) is 4.91 Å². The van der Waals surface area contributed by atoms with Gasteiger partial charge < -0.3 is 31.7 Å². The number of nitrogens with two attached hydrogens (primary N) is 1. The third-order valence-corrected chi connectivity index (χ3v) is 3.38. The smallest absolute Gasteiger partial charge is 0.320 e. The quantitative estimate of drug-likeness (QED) is 0.186. The Balaban J connectivity index is 2.36. The average Bonchev–Trinajstić information content (AvgIpc) is 2.87. The number of hydrogen-bond donors (Lipinski definition) is 6. The molecule has 1 rings (SSSR count). The first kappa shape index (κ1) is 18.9. The third kappa shape index (κ3) is 5.88. The van der Waals surface area contributed by atoms with Crippen molar-refractivity contribution >= 4 is 17.8 Å². The number of carboxylic acid groups (broad SMARTS) is 1. The molecule has 0 bridgehead atoms. The molecule has 11 nitrogen and oxygen atoms in total. The summed E-state index contributed by atoms with van der Waals surface area (Å²) in [5.74, 6) is -1.40. The Labute approximate surface area is 131 Å². The lowest BCUT2D eigenvalue weighted by Gasteiger charge is -2.17. The molecule has 0 saturated carbocycles. The van der Waals surface area contributed by atoms with Gasteiger partial charge in [0.15, 0.2) is 5.96 Å². The molecule has 1 amide bonds. The van der Waals surface area contributed by atoms with Gasteiger partial charge in [-0.3, -0.25) is 9.59 Å². The van der Waals surface area contributed by atoms with E-state index in [1.54, 1.807) is 0 Å². The first-order chi connectivity index (χ1) is 10.9. The summed E-state index contributed by atoms with van der Waals surface area (Å²) in [6.45, 7) is -0.269. The van der Waals surface area contributed by atoms with E-state index in [2.05, 4.69) is 20.8 Å². The van der Waals surface area contributed by atoms with Crippen LogP contribution in [0.1, 0.15) is 19.3 Å². The van der Waals surface area contributed by atoms with Gasteiger partial charge in [-0.1, -0.05) is 5.18 Å². The molecule has 11 heteroatoms. The topological polar surface area (TPSA) is 187 Å². The van der Waals surface area contributed by atoms with Crippen LogP contribution in [0.25, 0.3) is 0 Å². The number of rotatable bonds is 10. The summed E-state index contributed by atoms with van der Waals surface area (Å²) >= 11 is 0. The molecule has 0 spiro atoms. The molecule has 0 aromatic carbocycles. The number of guanidine groups is 1. The van der Waals surface area contributed by atoms with E-state index >= 15 is 0 Å². The van der Waals surface area contributed by atoms with Gasteiger partial charge in [0.2, 0.25) is 0 Å². The predicted molar refractivity (Wildman–Crippen MR) is 79.5 cm³/mol. The maximum absolute atomic E-state index is 11.7. The lowest BCUT2D eigenvalue weighted by Crippen LogP contribution is -2.43. The summed E-state index contributed by atoms with van der Waals surface area (Å²) in [6.07, 6.45) is -0.693. The fraction of sp³-hybridized carbons (Fsp3) is 0.750. The van der Waals surface area contributed by atoms with E-state index in [1.165, 1.54) is 0 Å². The minimum Gasteiger partial charge on any atom is -0.480 e. The van der Waals surface area contributed by atoms with Crippen LogP contribution in [0.15, 0.2) is 10.2 Å². The third-order valence-electron chi connectivity index (χ3n) is 3.38. The molecule has 1 heterocycles. The zero-order chi connectivity index (χ0) is 17.4. The fourth-order valence-corrected chi connectivity index (χ4v) is 1.98. The van der Waals surface area contributed by atoms with Gasteiger partial charge in [0.25, 0.3) is 5.91 Å². The van der Waals surface area contributed by atoms with Gasteiger partial charge >= 0.3 is 5.97 Å². The predicted octanol–water partition coefficient (Wildman–Crippen LogP) is -2.50. The van der Waals surface area contributed by atoms with Gasteiger partial charge in [-0.05, 0) is 12.8 Å². The van der Waals surface area contributed by atoms with Crippen LogP contribution < -0.4 is 16.4 Å². The van der Waals surface area contributed by atoms with Crippen molar-refractivity contribution in [2.45, 2.75) is 43.5 Å². The van der Waals surface area contributed by atoms with Crippen LogP contribution in [0, 0.1) is 4.91 Å². The van der Waals surface area contributed by atoms with Crippen molar-refractivity contribution in [2.24, 2.45) is 15.9 Å². The number of nitroso groups, excluding NO2 is 1. The van der Waals surface area contributed by atoms with E-state index in [0.29, 0.717) is 13.0 Å². The van der Waals surface area contributed by atoms with Gasteiger partial charge in [-0.15, -0.1) is 0 Å². The molecule has 0 aromatic rings. The molecule has 130 valence electrons. The van der Waals surface area contributed by atoms with Crippen LogP contribution in [0.5, 0.6) is 0 Å². The Morgan fingerprint density at radius 1 is 1.52 bits per heavy atom. The van der Waals surface area contributed by atoms with Gasteiger partial charge in [0.05, 0.1) is 6.61 Å². The zero-order valence-electron chi connectivity index (χ0n) is 12.4. The number of hydrogen-bond acceptors (Lipinski definition) is 9. The number of aliphatic carboxylic acids is 1. The van der Waals surface area contributed by atoms with E-state index in [1.807, 2.05) is 0 Å². The molecule has 0 aliphatic carbocycles. The molecule has 4 unspecified atom stereocenters. The second-order valence-electron chi connectivity index (χ2n) is 5.17. The molecule has 1 aliphatic rings. The highest BCUT2D eigenvalue weighted by atomic mass is 16.4. The second-order valence-corrected chi connectivity index (χ2v) is 5.17. The van der Waals surface area contributed by atoms with Crippen LogP contribution in [-0.4, -0.2) is 70.5 Å². The molecule has 23 heavy (non-hydrogen) atoms. The maximum atomic E-state index is 11.7. The van der Waals surface area contributed by atoms with Gasteiger partial charge in [0, 0.05) is 13.0 Å². The Hall–Kier alpha value is -2.11. The number of carbonyl (C=O) groups excluding carboxylic acids is 1. The largest absolute Gasteiger partial charge is 0.480 e. The minimum absolute atomic E-state index is 0.0946. The summed E-state index contributed by atoms with van der Waals surface area (Å²) in [6, 6.07) is -2.88. The Bertz CT molecular complexity index is 471. The molecule has 4 atom stereocenters. The second kappa shape index (κ2) is 9.12. The molecular weight excluding hydrogens is 310 g/mol. The summed E-state index contributed by atoms with van der Waals surface area (Å²) in [4.78, 5) is 36.6. The average molecular weight is 331 g/mol. The summed E-state index contributed by atoms with van der Waals surface area (Å²) in [5, 5.41) is 35.1.